The van der Waals surface area contributed by atoms with E-state index in [-0.39, 0.29) is 5.91 Å². The van der Waals surface area contributed by atoms with Gasteiger partial charge in [-0.1, -0.05) is 11.6 Å². The van der Waals surface area contributed by atoms with Crippen molar-refractivity contribution in [2.45, 2.75) is 13.5 Å². The second-order valence-corrected chi connectivity index (χ2v) is 6.88. The molecule has 7 heteroatoms. The van der Waals surface area contributed by atoms with Crippen molar-refractivity contribution in [3.05, 3.63) is 38.0 Å². The summed E-state index contributed by atoms with van der Waals surface area (Å²) in [6, 6.07) is 7.52. The molecule has 0 aliphatic heterocycles. The van der Waals surface area contributed by atoms with Crippen LogP contribution in [0.2, 0.25) is 4.34 Å². The number of amides is 1. The Kier molecular flexibility index (Phi) is 5.50. The zero-order valence-electron chi connectivity index (χ0n) is 11.5. The number of rotatable bonds is 5. The van der Waals surface area contributed by atoms with Gasteiger partial charge in [0.1, 0.15) is 10.1 Å². The lowest BCUT2D eigenvalue weighted by atomic mass is 10.2. The maximum Gasteiger partial charge on any atom is 0.221 e. The lowest BCUT2D eigenvalue weighted by molar-refractivity contribution is -0.114. The average Bonchev–Trinajstić information content (AvgIpc) is 2.76. The molecule has 0 unspecified atom stereocenters. The zero-order chi connectivity index (χ0) is 15.4. The molecule has 112 valence electrons. The van der Waals surface area contributed by atoms with Gasteiger partial charge in [0.15, 0.2) is 0 Å². The van der Waals surface area contributed by atoms with Crippen LogP contribution in [0, 0.1) is 0 Å². The molecule has 0 spiro atoms. The minimum atomic E-state index is -0.132. The van der Waals surface area contributed by atoms with Crippen LogP contribution in [0.5, 0.6) is 5.75 Å². The van der Waals surface area contributed by atoms with Crippen molar-refractivity contribution in [2.24, 2.45) is 0 Å². The number of carbonyl (C=O) groups excluding carboxylic acids is 1. The number of halogens is 2. The van der Waals surface area contributed by atoms with Gasteiger partial charge in [-0.2, -0.15) is 0 Å². The van der Waals surface area contributed by atoms with Crippen LogP contribution in [0.3, 0.4) is 0 Å². The molecule has 0 saturated heterocycles. The van der Waals surface area contributed by atoms with E-state index < -0.39 is 0 Å². The van der Waals surface area contributed by atoms with Crippen molar-refractivity contribution in [1.82, 2.24) is 0 Å². The molecule has 4 nitrogen and oxygen atoms in total. The molecule has 0 saturated carbocycles. The monoisotopic (exact) mass is 388 g/mol. The number of methoxy groups -OCH3 is 1. The van der Waals surface area contributed by atoms with Crippen molar-refractivity contribution in [3.63, 3.8) is 0 Å². The maximum atomic E-state index is 11.1. The second-order valence-electron chi connectivity index (χ2n) is 4.28. The zero-order valence-corrected chi connectivity index (χ0v) is 14.7. The standard InChI is InChI=1S/C14H14BrClN2O2S/c1-8(19)18-12-4-3-9(5-13(12)20-2)17-7-10-6-11(15)14(16)21-10/h3-6,17H,7H2,1-2H3,(H,18,19). The van der Waals surface area contributed by atoms with Gasteiger partial charge in [-0.05, 0) is 34.1 Å². The van der Waals surface area contributed by atoms with Crippen LogP contribution in [0.15, 0.2) is 28.7 Å². The summed E-state index contributed by atoms with van der Waals surface area (Å²) in [6.07, 6.45) is 0. The molecule has 0 radical (unpaired) electrons. The first kappa shape index (κ1) is 16.1. The number of nitrogens with one attached hydrogen (secondary N) is 2. The van der Waals surface area contributed by atoms with Crippen molar-refractivity contribution < 1.29 is 9.53 Å². The van der Waals surface area contributed by atoms with Gasteiger partial charge < -0.3 is 15.4 Å². The largest absolute Gasteiger partial charge is 0.494 e. The first-order valence-electron chi connectivity index (χ1n) is 6.13. The average molecular weight is 390 g/mol. The van der Waals surface area contributed by atoms with Gasteiger partial charge in [0.2, 0.25) is 5.91 Å². The van der Waals surface area contributed by atoms with E-state index in [1.54, 1.807) is 13.2 Å². The normalized spacial score (nSPS) is 10.3. The predicted molar refractivity (Wildman–Crippen MR) is 91.7 cm³/mol. The molecule has 1 aromatic heterocycles. The minimum absolute atomic E-state index is 0.132. The number of benzene rings is 1. The Hall–Kier alpha value is -1.24. The predicted octanol–water partition coefficient (Wildman–Crippen LogP) is 4.74. The molecule has 1 heterocycles. The van der Waals surface area contributed by atoms with Gasteiger partial charge in [-0.3, -0.25) is 4.79 Å². The fraction of sp³-hybridized carbons (Fsp3) is 0.214. The molecule has 0 bridgehead atoms. The van der Waals surface area contributed by atoms with Gasteiger partial charge in [0.05, 0.1) is 12.8 Å². The molecule has 2 aromatic rings. The van der Waals surface area contributed by atoms with Gasteiger partial charge in [-0.25, -0.2) is 0 Å². The number of thiophene rings is 1. The summed E-state index contributed by atoms with van der Waals surface area (Å²) >= 11 is 10.9. The molecular weight excluding hydrogens is 376 g/mol. The Morgan fingerprint density at radius 2 is 2.19 bits per heavy atom. The molecule has 1 amide bonds. The third-order valence-corrected chi connectivity index (χ3v) is 5.15. The Balaban J connectivity index is 2.08. The van der Waals surface area contributed by atoms with Crippen molar-refractivity contribution in [3.8, 4) is 5.75 Å². The van der Waals surface area contributed by atoms with E-state index >= 15 is 0 Å². The fourth-order valence-corrected chi connectivity index (χ4v) is 3.49. The highest BCUT2D eigenvalue weighted by Crippen LogP contribution is 2.33. The molecule has 0 aliphatic carbocycles. The number of anilines is 2. The van der Waals surface area contributed by atoms with Gasteiger partial charge >= 0.3 is 0 Å². The van der Waals surface area contributed by atoms with E-state index in [2.05, 4.69) is 26.6 Å². The number of hydrogen-bond acceptors (Lipinski definition) is 4. The fourth-order valence-electron chi connectivity index (χ4n) is 1.76. The van der Waals surface area contributed by atoms with Crippen LogP contribution in [-0.4, -0.2) is 13.0 Å². The van der Waals surface area contributed by atoms with Crippen LogP contribution >= 0.6 is 38.9 Å². The van der Waals surface area contributed by atoms with Gasteiger partial charge in [0, 0.05) is 34.6 Å². The highest BCUT2D eigenvalue weighted by molar-refractivity contribution is 9.10. The van der Waals surface area contributed by atoms with E-state index in [1.165, 1.54) is 18.3 Å². The first-order valence-corrected chi connectivity index (χ1v) is 8.11. The Morgan fingerprint density at radius 1 is 1.43 bits per heavy atom. The van der Waals surface area contributed by atoms with Gasteiger partial charge in [-0.15, -0.1) is 11.3 Å². The first-order chi connectivity index (χ1) is 9.99. The third kappa shape index (κ3) is 4.36. The topological polar surface area (TPSA) is 50.4 Å². The lowest BCUT2D eigenvalue weighted by Gasteiger charge is -2.12. The number of ether oxygens (including phenoxy) is 1. The number of carbonyl (C=O) groups is 1. The van der Waals surface area contributed by atoms with Crippen LogP contribution in [0.25, 0.3) is 0 Å². The molecular formula is C14H14BrClN2O2S. The summed E-state index contributed by atoms with van der Waals surface area (Å²) in [5, 5.41) is 6.02. The van der Waals surface area contributed by atoms with Crippen LogP contribution in [0.4, 0.5) is 11.4 Å². The molecule has 0 atom stereocenters. The number of hydrogen-bond donors (Lipinski definition) is 2. The highest BCUT2D eigenvalue weighted by atomic mass is 79.9. The van der Waals surface area contributed by atoms with Gasteiger partial charge in [0.25, 0.3) is 0 Å². The molecule has 2 rings (SSSR count). The summed E-state index contributed by atoms with van der Waals surface area (Å²) in [5.41, 5.74) is 1.55. The lowest BCUT2D eigenvalue weighted by Crippen LogP contribution is -2.07. The summed E-state index contributed by atoms with van der Waals surface area (Å²) in [6.45, 7) is 2.13. The third-order valence-electron chi connectivity index (χ3n) is 2.68. The Labute approximate surface area is 140 Å². The maximum absolute atomic E-state index is 11.1. The summed E-state index contributed by atoms with van der Waals surface area (Å²) in [5.74, 6) is 0.479. The summed E-state index contributed by atoms with van der Waals surface area (Å²) in [7, 11) is 1.57. The Bertz CT molecular complexity index is 641. The van der Waals surface area contributed by atoms with Crippen molar-refractivity contribution >= 4 is 56.1 Å². The second kappa shape index (κ2) is 7.15. The molecule has 2 N–H and O–H groups in total. The van der Waals surface area contributed by atoms with E-state index in [4.69, 9.17) is 16.3 Å². The van der Waals surface area contributed by atoms with Crippen LogP contribution in [-0.2, 0) is 11.3 Å². The summed E-state index contributed by atoms with van der Waals surface area (Å²) < 4.78 is 6.93. The SMILES string of the molecule is COc1cc(NCc2cc(Br)c(Cl)s2)ccc1NC(C)=O. The molecule has 1 aromatic carbocycles. The highest BCUT2D eigenvalue weighted by Gasteiger charge is 2.07. The smallest absolute Gasteiger partial charge is 0.221 e. The minimum Gasteiger partial charge on any atom is -0.494 e. The van der Waals surface area contributed by atoms with E-state index in [0.717, 1.165) is 19.4 Å². The van der Waals surface area contributed by atoms with E-state index in [9.17, 15) is 4.79 Å². The van der Waals surface area contributed by atoms with Crippen molar-refractivity contribution in [1.29, 1.82) is 0 Å². The molecule has 0 fully saturated rings. The quantitative estimate of drug-likeness (QED) is 0.776. The van der Waals surface area contributed by atoms with Crippen molar-refractivity contribution in [2.75, 3.05) is 17.7 Å². The summed E-state index contributed by atoms with van der Waals surface area (Å²) in [4.78, 5) is 12.2. The van der Waals surface area contributed by atoms with Crippen LogP contribution in [0.1, 0.15) is 11.8 Å². The Morgan fingerprint density at radius 3 is 2.76 bits per heavy atom. The van der Waals surface area contributed by atoms with E-state index in [0.29, 0.717) is 18.0 Å². The van der Waals surface area contributed by atoms with E-state index in [1.807, 2.05) is 18.2 Å². The van der Waals surface area contributed by atoms with Crippen LogP contribution < -0.4 is 15.4 Å². The molecule has 0 aliphatic rings. The molecule has 21 heavy (non-hydrogen) atoms.